The summed E-state index contributed by atoms with van der Waals surface area (Å²) in [5, 5.41) is 6.61. The molecule has 8 heteroatoms. The molecule has 1 rings (SSSR count). The summed E-state index contributed by atoms with van der Waals surface area (Å²) in [6.07, 6.45) is 8.16. The molecule has 1 atom stereocenters. The average molecular weight is 499 g/mol. The van der Waals surface area contributed by atoms with E-state index >= 15 is 0 Å². The summed E-state index contributed by atoms with van der Waals surface area (Å²) in [6, 6.07) is 0. The van der Waals surface area contributed by atoms with Crippen molar-refractivity contribution in [2.45, 2.75) is 64.4 Å². The van der Waals surface area contributed by atoms with E-state index in [1.165, 1.54) is 0 Å². The van der Waals surface area contributed by atoms with Gasteiger partial charge in [0.25, 0.3) is 0 Å². The van der Waals surface area contributed by atoms with Gasteiger partial charge in [-0.1, -0.05) is 12.8 Å². The van der Waals surface area contributed by atoms with Crippen LogP contribution >= 0.6 is 24.0 Å². The lowest BCUT2D eigenvalue weighted by Crippen LogP contribution is -2.38. The van der Waals surface area contributed by atoms with Gasteiger partial charge < -0.3 is 24.8 Å². The maximum Gasteiger partial charge on any atom is 0.305 e. The molecule has 1 fully saturated rings. The van der Waals surface area contributed by atoms with Crippen LogP contribution in [0.2, 0.25) is 0 Å². The van der Waals surface area contributed by atoms with Gasteiger partial charge in [-0.2, -0.15) is 0 Å². The second kappa shape index (κ2) is 18.7. The molecule has 0 bridgehead atoms. The molecule has 1 unspecified atom stereocenters. The van der Waals surface area contributed by atoms with Gasteiger partial charge in [0.15, 0.2) is 5.96 Å². The van der Waals surface area contributed by atoms with E-state index in [2.05, 4.69) is 15.6 Å². The van der Waals surface area contributed by atoms with Crippen molar-refractivity contribution in [3.05, 3.63) is 0 Å². The average Bonchev–Trinajstić information content (AvgIpc) is 3.15. The van der Waals surface area contributed by atoms with Crippen molar-refractivity contribution in [2.75, 3.05) is 46.6 Å². The first-order valence-electron chi connectivity index (χ1n) is 10.1. The highest BCUT2D eigenvalue weighted by molar-refractivity contribution is 14.0. The van der Waals surface area contributed by atoms with Gasteiger partial charge >= 0.3 is 5.97 Å². The zero-order chi connectivity index (χ0) is 18.9. The fourth-order valence-corrected chi connectivity index (χ4v) is 2.78. The Morgan fingerprint density at radius 1 is 1.15 bits per heavy atom. The highest BCUT2D eigenvalue weighted by Crippen LogP contribution is 2.11. The molecule has 0 radical (unpaired) electrons. The number of guanidine groups is 1. The lowest BCUT2D eigenvalue weighted by Gasteiger charge is -2.13. The largest absolute Gasteiger partial charge is 0.466 e. The molecule has 0 aliphatic carbocycles. The van der Waals surface area contributed by atoms with Gasteiger partial charge in [-0.25, -0.2) is 0 Å². The minimum absolute atomic E-state index is 0. The number of aliphatic imine (C=N–C) groups is 1. The molecule has 0 aromatic rings. The molecule has 7 nitrogen and oxygen atoms in total. The first-order valence-corrected chi connectivity index (χ1v) is 10.1. The number of nitrogens with one attached hydrogen (secondary N) is 2. The molecule has 160 valence electrons. The number of rotatable bonds is 14. The molecular weight excluding hydrogens is 461 g/mol. The van der Waals surface area contributed by atoms with Crippen LogP contribution in [0.3, 0.4) is 0 Å². The van der Waals surface area contributed by atoms with Crippen molar-refractivity contribution in [3.8, 4) is 0 Å². The fourth-order valence-electron chi connectivity index (χ4n) is 2.78. The van der Waals surface area contributed by atoms with E-state index in [4.69, 9.17) is 14.2 Å². The minimum atomic E-state index is -0.0880. The fraction of sp³-hybridized carbons (Fsp3) is 0.895. The van der Waals surface area contributed by atoms with E-state index in [9.17, 15) is 4.79 Å². The Morgan fingerprint density at radius 3 is 2.56 bits per heavy atom. The zero-order valence-electron chi connectivity index (χ0n) is 17.0. The molecule has 0 aromatic carbocycles. The molecule has 2 N–H and O–H groups in total. The number of unbranched alkanes of at least 4 members (excludes halogenated alkanes) is 3. The summed E-state index contributed by atoms with van der Waals surface area (Å²) in [6.45, 7) is 6.36. The number of nitrogens with zero attached hydrogens (tertiary/aromatic N) is 1. The highest BCUT2D eigenvalue weighted by Gasteiger charge is 2.14. The maximum absolute atomic E-state index is 11.2. The summed E-state index contributed by atoms with van der Waals surface area (Å²) in [5.74, 6) is 0.741. The van der Waals surface area contributed by atoms with E-state index < -0.39 is 0 Å². The van der Waals surface area contributed by atoms with Crippen LogP contribution in [0.25, 0.3) is 0 Å². The standard InChI is InChI=1S/C19H37N3O4.HI/c1-3-25-18(23)11-6-4-5-7-12-21-19(20-2)22-13-9-14-24-16-17-10-8-15-26-17;/h17H,3-16H2,1-2H3,(H2,20,21,22);1H. The third-order valence-electron chi connectivity index (χ3n) is 4.21. The number of hydrogen-bond donors (Lipinski definition) is 2. The van der Waals surface area contributed by atoms with Crippen LogP contribution in [0.15, 0.2) is 4.99 Å². The smallest absolute Gasteiger partial charge is 0.305 e. The second-order valence-electron chi connectivity index (χ2n) is 6.46. The summed E-state index contributed by atoms with van der Waals surface area (Å²) < 4.78 is 16.1. The first kappa shape index (κ1) is 26.4. The Morgan fingerprint density at radius 2 is 1.89 bits per heavy atom. The molecule has 0 amide bonds. The first-order chi connectivity index (χ1) is 12.8. The Bertz CT molecular complexity index is 391. The quantitative estimate of drug-likeness (QED) is 0.126. The summed E-state index contributed by atoms with van der Waals surface area (Å²) in [7, 11) is 1.78. The lowest BCUT2D eigenvalue weighted by atomic mass is 10.1. The molecule has 27 heavy (non-hydrogen) atoms. The van der Waals surface area contributed by atoms with Gasteiger partial charge in [0, 0.05) is 39.8 Å². The van der Waals surface area contributed by atoms with Gasteiger partial charge in [-0.05, 0) is 39.0 Å². The molecule has 0 spiro atoms. The highest BCUT2D eigenvalue weighted by atomic mass is 127. The molecule has 0 aromatic heterocycles. The summed E-state index contributed by atoms with van der Waals surface area (Å²) in [5.41, 5.74) is 0. The summed E-state index contributed by atoms with van der Waals surface area (Å²) in [4.78, 5) is 15.4. The van der Waals surface area contributed by atoms with Crippen LogP contribution in [0.1, 0.15) is 58.3 Å². The maximum atomic E-state index is 11.2. The van der Waals surface area contributed by atoms with E-state index in [1.54, 1.807) is 7.05 Å². The van der Waals surface area contributed by atoms with E-state index in [1.807, 2.05) is 6.92 Å². The van der Waals surface area contributed by atoms with Crippen LogP contribution in [-0.4, -0.2) is 64.6 Å². The molecule has 1 saturated heterocycles. The van der Waals surface area contributed by atoms with Crippen LogP contribution in [0.5, 0.6) is 0 Å². The number of halogens is 1. The predicted molar refractivity (Wildman–Crippen MR) is 119 cm³/mol. The van der Waals surface area contributed by atoms with E-state index in [0.29, 0.717) is 25.7 Å². The number of esters is 1. The Balaban J connectivity index is 0.00000676. The zero-order valence-corrected chi connectivity index (χ0v) is 19.3. The summed E-state index contributed by atoms with van der Waals surface area (Å²) >= 11 is 0. The number of ether oxygens (including phenoxy) is 3. The molecule has 0 saturated carbocycles. The number of carbonyl (C=O) groups is 1. The van der Waals surface area contributed by atoms with Crippen LogP contribution < -0.4 is 10.6 Å². The van der Waals surface area contributed by atoms with Crippen molar-refractivity contribution >= 4 is 35.9 Å². The topological polar surface area (TPSA) is 81.2 Å². The van der Waals surface area contributed by atoms with Gasteiger partial charge in [0.2, 0.25) is 0 Å². The van der Waals surface area contributed by atoms with E-state index in [0.717, 1.165) is 77.2 Å². The van der Waals surface area contributed by atoms with Crippen molar-refractivity contribution in [3.63, 3.8) is 0 Å². The normalized spacial score (nSPS) is 16.7. The van der Waals surface area contributed by atoms with Crippen molar-refractivity contribution in [2.24, 2.45) is 4.99 Å². The Labute approximate surface area is 181 Å². The third-order valence-corrected chi connectivity index (χ3v) is 4.21. The van der Waals surface area contributed by atoms with Crippen molar-refractivity contribution < 1.29 is 19.0 Å². The molecule has 1 heterocycles. The Hall–Kier alpha value is -0.610. The number of hydrogen-bond acceptors (Lipinski definition) is 5. The van der Waals surface area contributed by atoms with Crippen molar-refractivity contribution in [1.82, 2.24) is 10.6 Å². The van der Waals surface area contributed by atoms with Gasteiger partial charge in [-0.15, -0.1) is 24.0 Å². The van der Waals surface area contributed by atoms with E-state index in [-0.39, 0.29) is 29.9 Å². The minimum Gasteiger partial charge on any atom is -0.466 e. The monoisotopic (exact) mass is 499 g/mol. The lowest BCUT2D eigenvalue weighted by molar-refractivity contribution is -0.143. The molecule has 1 aliphatic rings. The van der Waals surface area contributed by atoms with Gasteiger partial charge in [0.05, 0.1) is 19.3 Å². The molecule has 1 aliphatic heterocycles. The van der Waals surface area contributed by atoms with Gasteiger partial charge in [-0.3, -0.25) is 9.79 Å². The third kappa shape index (κ3) is 15.0. The SMILES string of the molecule is CCOC(=O)CCCCCCNC(=NC)NCCCOCC1CCCO1.I. The Kier molecular flexibility index (Phi) is 18.3. The van der Waals surface area contributed by atoms with Crippen molar-refractivity contribution in [1.29, 1.82) is 0 Å². The number of carbonyl (C=O) groups excluding carboxylic acids is 1. The predicted octanol–water partition coefficient (Wildman–Crippen LogP) is 2.87. The van der Waals surface area contributed by atoms with Crippen LogP contribution in [0, 0.1) is 0 Å². The van der Waals surface area contributed by atoms with Crippen LogP contribution in [-0.2, 0) is 19.0 Å². The molecular formula is C19H38IN3O4. The van der Waals surface area contributed by atoms with Gasteiger partial charge in [0.1, 0.15) is 0 Å². The van der Waals surface area contributed by atoms with Crippen LogP contribution in [0.4, 0.5) is 0 Å². The second-order valence-corrected chi connectivity index (χ2v) is 6.46.